The van der Waals surface area contributed by atoms with Crippen molar-refractivity contribution >= 4 is 11.9 Å². The van der Waals surface area contributed by atoms with Gasteiger partial charge >= 0.3 is 11.9 Å². The Morgan fingerprint density at radius 2 is 0.933 bits per heavy atom. The first-order chi connectivity index (χ1) is 22.1. The van der Waals surface area contributed by atoms with E-state index in [0.29, 0.717) is 6.42 Å². The van der Waals surface area contributed by atoms with Gasteiger partial charge in [0.2, 0.25) is 0 Å². The number of allylic oxidation sites excluding steroid dienone is 3. The van der Waals surface area contributed by atoms with Crippen molar-refractivity contribution in [1.82, 2.24) is 0 Å². The Balaban J connectivity index is 3.91. The molecule has 0 fully saturated rings. The highest BCUT2D eigenvalue weighted by molar-refractivity contribution is 5.69. The second-order valence-electron chi connectivity index (χ2n) is 13.5. The molecule has 0 heterocycles. The molecule has 264 valence electrons. The molecule has 0 bridgehead atoms. The van der Waals surface area contributed by atoms with Crippen molar-refractivity contribution in [3.8, 4) is 0 Å². The topological polar surface area (TPSA) is 63.6 Å². The SMILES string of the molecule is CCCCCC/C=C\C/C=C\C(CCCCCCC(=O)O)OC(=O)CCCCCCCCCCCCCCCCCCCCC. The Morgan fingerprint density at radius 3 is 1.42 bits per heavy atom. The van der Waals surface area contributed by atoms with Gasteiger partial charge in [0, 0.05) is 12.8 Å². The number of hydrogen-bond donors (Lipinski definition) is 1. The molecule has 0 aliphatic carbocycles. The summed E-state index contributed by atoms with van der Waals surface area (Å²) in [5.41, 5.74) is 0. The summed E-state index contributed by atoms with van der Waals surface area (Å²) in [6.07, 6.45) is 46.5. The summed E-state index contributed by atoms with van der Waals surface area (Å²) in [7, 11) is 0. The third kappa shape index (κ3) is 36.8. The molecule has 4 heteroatoms. The normalized spacial score (nSPS) is 12.4. The van der Waals surface area contributed by atoms with Gasteiger partial charge in [-0.25, -0.2) is 0 Å². The first-order valence-electron chi connectivity index (χ1n) is 19.8. The molecule has 0 aromatic rings. The number of rotatable bonds is 36. The molecule has 1 atom stereocenters. The van der Waals surface area contributed by atoms with Crippen LogP contribution in [-0.2, 0) is 14.3 Å². The number of carboxylic acid groups (broad SMARTS) is 1. The van der Waals surface area contributed by atoms with E-state index in [4.69, 9.17) is 9.84 Å². The third-order valence-electron chi connectivity index (χ3n) is 8.91. The fraction of sp³-hybridized carbons (Fsp3) is 0.854. The number of aliphatic carboxylic acids is 1. The molecule has 0 aliphatic heterocycles. The van der Waals surface area contributed by atoms with Gasteiger partial charge in [-0.2, -0.15) is 0 Å². The minimum Gasteiger partial charge on any atom is -0.481 e. The Bertz CT molecular complexity index is 683. The fourth-order valence-corrected chi connectivity index (χ4v) is 5.96. The van der Waals surface area contributed by atoms with Gasteiger partial charge < -0.3 is 9.84 Å². The van der Waals surface area contributed by atoms with Gasteiger partial charge in [-0.05, 0) is 51.0 Å². The minimum absolute atomic E-state index is 0.0750. The Kier molecular flexibility index (Phi) is 35.6. The van der Waals surface area contributed by atoms with Gasteiger partial charge in [0.15, 0.2) is 0 Å². The van der Waals surface area contributed by atoms with Crippen molar-refractivity contribution in [3.63, 3.8) is 0 Å². The molecule has 0 spiro atoms. The molecule has 0 saturated carbocycles. The van der Waals surface area contributed by atoms with E-state index < -0.39 is 5.97 Å². The lowest BCUT2D eigenvalue weighted by Gasteiger charge is -2.14. The van der Waals surface area contributed by atoms with Crippen LogP contribution >= 0.6 is 0 Å². The molecule has 0 rings (SSSR count). The molecular weight excluding hydrogens is 556 g/mol. The van der Waals surface area contributed by atoms with Crippen LogP contribution in [0.15, 0.2) is 24.3 Å². The van der Waals surface area contributed by atoms with E-state index in [2.05, 4.69) is 38.2 Å². The van der Waals surface area contributed by atoms with Crippen molar-refractivity contribution in [1.29, 1.82) is 0 Å². The average molecular weight is 633 g/mol. The van der Waals surface area contributed by atoms with Gasteiger partial charge in [-0.15, -0.1) is 0 Å². The summed E-state index contributed by atoms with van der Waals surface area (Å²) in [6, 6.07) is 0. The smallest absolute Gasteiger partial charge is 0.306 e. The maximum Gasteiger partial charge on any atom is 0.306 e. The van der Waals surface area contributed by atoms with Crippen LogP contribution in [0.4, 0.5) is 0 Å². The van der Waals surface area contributed by atoms with E-state index >= 15 is 0 Å². The Morgan fingerprint density at radius 1 is 0.511 bits per heavy atom. The monoisotopic (exact) mass is 633 g/mol. The van der Waals surface area contributed by atoms with Crippen molar-refractivity contribution in [2.45, 2.75) is 225 Å². The van der Waals surface area contributed by atoms with E-state index in [9.17, 15) is 9.59 Å². The lowest BCUT2D eigenvalue weighted by atomic mass is 10.0. The zero-order valence-electron chi connectivity index (χ0n) is 30.2. The fourth-order valence-electron chi connectivity index (χ4n) is 5.96. The Labute approximate surface area is 280 Å². The number of carbonyl (C=O) groups excluding carboxylic acids is 1. The number of carbonyl (C=O) groups is 2. The quantitative estimate of drug-likeness (QED) is 0.0424. The number of unbranched alkanes of at least 4 members (excludes halogenated alkanes) is 25. The van der Waals surface area contributed by atoms with Crippen molar-refractivity contribution < 1.29 is 19.4 Å². The molecule has 0 amide bonds. The van der Waals surface area contributed by atoms with E-state index in [1.165, 1.54) is 135 Å². The minimum atomic E-state index is -0.724. The summed E-state index contributed by atoms with van der Waals surface area (Å²) in [4.78, 5) is 23.3. The van der Waals surface area contributed by atoms with Gasteiger partial charge in [-0.1, -0.05) is 180 Å². The average Bonchev–Trinajstić information content (AvgIpc) is 3.02. The van der Waals surface area contributed by atoms with Crippen LogP contribution in [0, 0.1) is 0 Å². The summed E-state index contributed by atoms with van der Waals surface area (Å²) in [5.74, 6) is -0.799. The van der Waals surface area contributed by atoms with Crippen LogP contribution in [0.2, 0.25) is 0 Å². The first kappa shape index (κ1) is 43.4. The maximum atomic E-state index is 12.6. The van der Waals surface area contributed by atoms with Gasteiger partial charge in [0.05, 0.1) is 0 Å². The predicted octanol–water partition coefficient (Wildman–Crippen LogP) is 13.6. The molecule has 0 aromatic carbocycles. The highest BCUT2D eigenvalue weighted by Gasteiger charge is 2.11. The molecule has 0 saturated heterocycles. The lowest BCUT2D eigenvalue weighted by Crippen LogP contribution is -2.16. The van der Waals surface area contributed by atoms with E-state index in [0.717, 1.165) is 57.8 Å². The third-order valence-corrected chi connectivity index (χ3v) is 8.91. The van der Waals surface area contributed by atoms with Crippen LogP contribution in [-0.4, -0.2) is 23.1 Å². The Hall–Kier alpha value is -1.58. The molecule has 4 nitrogen and oxygen atoms in total. The number of esters is 1. The second-order valence-corrected chi connectivity index (χ2v) is 13.5. The van der Waals surface area contributed by atoms with E-state index in [1.54, 1.807) is 0 Å². The number of ether oxygens (including phenoxy) is 1. The highest BCUT2D eigenvalue weighted by atomic mass is 16.5. The van der Waals surface area contributed by atoms with Crippen LogP contribution in [0.3, 0.4) is 0 Å². The zero-order chi connectivity index (χ0) is 32.9. The van der Waals surface area contributed by atoms with Crippen LogP contribution < -0.4 is 0 Å². The van der Waals surface area contributed by atoms with Crippen molar-refractivity contribution in [3.05, 3.63) is 24.3 Å². The summed E-state index contributed by atoms with van der Waals surface area (Å²) in [6.45, 7) is 4.53. The first-order valence-corrected chi connectivity index (χ1v) is 19.8. The second kappa shape index (κ2) is 36.9. The molecule has 0 aromatic heterocycles. The van der Waals surface area contributed by atoms with Gasteiger partial charge in [0.1, 0.15) is 6.10 Å². The molecule has 45 heavy (non-hydrogen) atoms. The largest absolute Gasteiger partial charge is 0.481 e. The number of carboxylic acids is 1. The van der Waals surface area contributed by atoms with E-state index in [-0.39, 0.29) is 18.5 Å². The molecule has 1 N–H and O–H groups in total. The maximum absolute atomic E-state index is 12.6. The highest BCUT2D eigenvalue weighted by Crippen LogP contribution is 2.16. The molecular formula is C41H76O4. The number of hydrogen-bond acceptors (Lipinski definition) is 3. The van der Waals surface area contributed by atoms with Crippen molar-refractivity contribution in [2.24, 2.45) is 0 Å². The summed E-state index contributed by atoms with van der Waals surface area (Å²) >= 11 is 0. The van der Waals surface area contributed by atoms with Gasteiger partial charge in [-0.3, -0.25) is 9.59 Å². The lowest BCUT2D eigenvalue weighted by molar-refractivity contribution is -0.147. The van der Waals surface area contributed by atoms with Crippen LogP contribution in [0.5, 0.6) is 0 Å². The molecule has 0 aliphatic rings. The van der Waals surface area contributed by atoms with Crippen LogP contribution in [0.1, 0.15) is 219 Å². The zero-order valence-corrected chi connectivity index (χ0v) is 30.2. The summed E-state index contributed by atoms with van der Waals surface area (Å²) in [5, 5.41) is 8.82. The van der Waals surface area contributed by atoms with E-state index in [1.807, 2.05) is 0 Å². The molecule has 1 unspecified atom stereocenters. The standard InChI is InChI=1S/C41H76O4/c1-3-5-7-9-11-13-14-15-16-17-18-19-20-21-22-24-26-28-34-38-41(44)45-39(36-32-29-30-33-37-40(42)43)35-31-27-25-23-12-10-8-6-4-2/h23,25,31,35,39H,3-22,24,26-30,32-34,36-38H2,1-2H3,(H,42,43)/b25-23-,35-31-. The summed E-state index contributed by atoms with van der Waals surface area (Å²) < 4.78 is 5.86. The predicted molar refractivity (Wildman–Crippen MR) is 195 cm³/mol. The van der Waals surface area contributed by atoms with Gasteiger partial charge in [0.25, 0.3) is 0 Å². The van der Waals surface area contributed by atoms with Crippen molar-refractivity contribution in [2.75, 3.05) is 0 Å². The molecule has 0 radical (unpaired) electrons. The van der Waals surface area contributed by atoms with Crippen LogP contribution in [0.25, 0.3) is 0 Å².